The minimum atomic E-state index is -0.643. The van der Waals surface area contributed by atoms with Crippen LogP contribution in [0.4, 0.5) is 10.5 Å². The summed E-state index contributed by atoms with van der Waals surface area (Å²) in [6, 6.07) is 3.73. The lowest BCUT2D eigenvalue weighted by molar-refractivity contribution is -0.155. The highest BCUT2D eigenvalue weighted by Crippen LogP contribution is 2.25. The van der Waals surface area contributed by atoms with Gasteiger partial charge in [0, 0.05) is 25.3 Å². The number of hydrogen-bond acceptors (Lipinski definition) is 4. The van der Waals surface area contributed by atoms with Crippen molar-refractivity contribution >= 4 is 46.8 Å². The maximum Gasteiger partial charge on any atom is 0.322 e. The van der Waals surface area contributed by atoms with Gasteiger partial charge in [-0.25, -0.2) is 4.79 Å². The molecule has 1 N–H and O–H groups in total. The summed E-state index contributed by atoms with van der Waals surface area (Å²) in [7, 11) is 0. The first kappa shape index (κ1) is 22.3. The summed E-state index contributed by atoms with van der Waals surface area (Å²) in [6.45, 7) is 8.02. The average molecular weight is 430 g/mol. The number of benzene rings is 1. The molecule has 0 aromatic heterocycles. The zero-order valence-corrected chi connectivity index (χ0v) is 17.9. The van der Waals surface area contributed by atoms with E-state index in [4.69, 9.17) is 27.9 Å². The normalized spacial score (nSPS) is 17.5. The van der Waals surface area contributed by atoms with Crippen LogP contribution < -0.4 is 5.32 Å². The smallest absolute Gasteiger partial charge is 0.322 e. The Morgan fingerprint density at radius 1 is 1.21 bits per heavy atom. The molecular formula is C19H25Cl2N3O4. The second-order valence-corrected chi connectivity index (χ2v) is 8.40. The molecule has 0 saturated carbocycles. The number of halogens is 2. The van der Waals surface area contributed by atoms with Crippen LogP contribution in [0.25, 0.3) is 0 Å². The van der Waals surface area contributed by atoms with Crippen LogP contribution in [0.15, 0.2) is 18.2 Å². The van der Waals surface area contributed by atoms with E-state index in [1.165, 1.54) is 4.90 Å². The molecule has 1 unspecified atom stereocenters. The minimum absolute atomic E-state index is 0.116. The highest BCUT2D eigenvalue weighted by molar-refractivity contribution is 6.42. The lowest BCUT2D eigenvalue weighted by Gasteiger charge is -2.39. The molecule has 0 aliphatic carbocycles. The molecule has 1 aliphatic rings. The van der Waals surface area contributed by atoms with Crippen molar-refractivity contribution in [1.82, 2.24) is 9.80 Å². The molecule has 7 nitrogen and oxygen atoms in total. The molecule has 9 heteroatoms. The van der Waals surface area contributed by atoms with Gasteiger partial charge in [-0.05, 0) is 45.9 Å². The van der Waals surface area contributed by atoms with Gasteiger partial charge in [-0.2, -0.15) is 0 Å². The number of hydrogen-bond donors (Lipinski definition) is 1. The summed E-state index contributed by atoms with van der Waals surface area (Å²) in [5, 5.41) is 3.44. The van der Waals surface area contributed by atoms with Gasteiger partial charge in [0.2, 0.25) is 5.91 Å². The van der Waals surface area contributed by atoms with Crippen LogP contribution in [0.5, 0.6) is 0 Å². The number of nitrogens with one attached hydrogen (secondary N) is 1. The van der Waals surface area contributed by atoms with Crippen molar-refractivity contribution in [3.63, 3.8) is 0 Å². The Labute approximate surface area is 174 Å². The number of nitrogens with zero attached hydrogens (tertiary/aromatic N) is 2. The molecule has 1 fully saturated rings. The van der Waals surface area contributed by atoms with Crippen molar-refractivity contribution in [1.29, 1.82) is 0 Å². The Bertz CT molecular complexity index is 764. The van der Waals surface area contributed by atoms with Crippen LogP contribution >= 0.6 is 23.2 Å². The maximum absolute atomic E-state index is 12.6. The number of anilines is 1. The summed E-state index contributed by atoms with van der Waals surface area (Å²) < 4.78 is 5.26. The Morgan fingerprint density at radius 3 is 2.50 bits per heavy atom. The highest BCUT2D eigenvalue weighted by atomic mass is 35.5. The molecule has 154 valence electrons. The van der Waals surface area contributed by atoms with E-state index in [-0.39, 0.29) is 24.8 Å². The van der Waals surface area contributed by atoms with Crippen molar-refractivity contribution in [3.05, 3.63) is 28.2 Å². The predicted molar refractivity (Wildman–Crippen MR) is 109 cm³/mol. The number of rotatable bonds is 4. The number of carbonyl (C=O) groups is 3. The Morgan fingerprint density at radius 2 is 1.89 bits per heavy atom. The first-order valence-corrected chi connectivity index (χ1v) is 9.77. The molecule has 3 amide bonds. The largest absolute Gasteiger partial charge is 0.460 e. The summed E-state index contributed by atoms with van der Waals surface area (Å²) >= 11 is 11.8. The average Bonchev–Trinajstić information content (AvgIpc) is 2.58. The van der Waals surface area contributed by atoms with Gasteiger partial charge in [0.15, 0.2) is 0 Å². The van der Waals surface area contributed by atoms with Crippen LogP contribution in [-0.4, -0.2) is 59.0 Å². The number of carbonyl (C=O) groups excluding carboxylic acids is 3. The van der Waals surface area contributed by atoms with E-state index in [1.54, 1.807) is 50.8 Å². The number of ether oxygens (including phenoxy) is 1. The van der Waals surface area contributed by atoms with Crippen molar-refractivity contribution in [2.75, 3.05) is 25.0 Å². The summed E-state index contributed by atoms with van der Waals surface area (Å²) in [5.74, 6) is -0.563. The molecule has 1 aromatic carbocycles. The lowest BCUT2D eigenvalue weighted by atomic mass is 10.1. The van der Waals surface area contributed by atoms with Gasteiger partial charge < -0.3 is 19.9 Å². The van der Waals surface area contributed by atoms with E-state index in [9.17, 15) is 14.4 Å². The topological polar surface area (TPSA) is 79.0 Å². The Kier molecular flexibility index (Phi) is 7.17. The molecule has 1 atom stereocenters. The first-order valence-electron chi connectivity index (χ1n) is 9.01. The third-order valence-corrected chi connectivity index (χ3v) is 4.92. The fourth-order valence-corrected chi connectivity index (χ4v) is 3.12. The molecule has 0 spiro atoms. The van der Waals surface area contributed by atoms with Gasteiger partial charge >= 0.3 is 12.0 Å². The third-order valence-electron chi connectivity index (χ3n) is 4.18. The van der Waals surface area contributed by atoms with Crippen LogP contribution in [0.3, 0.4) is 0 Å². The van der Waals surface area contributed by atoms with Crippen molar-refractivity contribution in [2.24, 2.45) is 0 Å². The molecular weight excluding hydrogens is 405 g/mol. The van der Waals surface area contributed by atoms with Gasteiger partial charge in [0.1, 0.15) is 11.6 Å². The molecule has 0 radical (unpaired) electrons. The van der Waals surface area contributed by atoms with Gasteiger partial charge in [0.05, 0.1) is 16.5 Å². The van der Waals surface area contributed by atoms with E-state index in [2.05, 4.69) is 5.32 Å². The third kappa shape index (κ3) is 6.01. The second kappa shape index (κ2) is 9.01. The van der Waals surface area contributed by atoms with Crippen LogP contribution in [0.1, 0.15) is 34.1 Å². The molecule has 0 bridgehead atoms. The molecule has 1 aliphatic heterocycles. The van der Waals surface area contributed by atoms with Crippen molar-refractivity contribution < 1.29 is 19.1 Å². The quantitative estimate of drug-likeness (QED) is 0.738. The number of piperazine rings is 1. The van der Waals surface area contributed by atoms with E-state index < -0.39 is 17.7 Å². The van der Waals surface area contributed by atoms with Gasteiger partial charge in [-0.15, -0.1) is 0 Å². The molecule has 1 aromatic rings. The van der Waals surface area contributed by atoms with Crippen LogP contribution in [-0.2, 0) is 14.3 Å². The number of urea groups is 1. The fraction of sp³-hybridized carbons (Fsp3) is 0.526. The minimum Gasteiger partial charge on any atom is -0.460 e. The van der Waals surface area contributed by atoms with E-state index in [1.807, 2.05) is 0 Å². The summed E-state index contributed by atoms with van der Waals surface area (Å²) in [4.78, 5) is 40.0. The van der Waals surface area contributed by atoms with E-state index in [0.29, 0.717) is 28.8 Å². The maximum atomic E-state index is 12.6. The monoisotopic (exact) mass is 429 g/mol. The summed E-state index contributed by atoms with van der Waals surface area (Å²) in [6.07, 6.45) is 0.116. The zero-order valence-electron chi connectivity index (χ0n) is 16.4. The van der Waals surface area contributed by atoms with Crippen LogP contribution in [0, 0.1) is 0 Å². The molecule has 2 rings (SSSR count). The standard InChI is InChI=1S/C19H25Cl2N3O4/c1-12-17(26)23(8-7-16(25)28-19(2,3)4)9-10-24(12)18(27)22-13-5-6-14(20)15(21)11-13/h5-6,11-12H,7-10H2,1-4H3,(H,22,27). The first-order chi connectivity index (χ1) is 13.0. The lowest BCUT2D eigenvalue weighted by Crippen LogP contribution is -2.58. The van der Waals surface area contributed by atoms with E-state index >= 15 is 0 Å². The SMILES string of the molecule is CC1C(=O)N(CCC(=O)OC(C)(C)C)CCN1C(=O)Nc1ccc(Cl)c(Cl)c1. The Balaban J connectivity index is 1.91. The number of esters is 1. The van der Waals surface area contributed by atoms with Gasteiger partial charge in [-0.1, -0.05) is 23.2 Å². The molecule has 1 heterocycles. The second-order valence-electron chi connectivity index (χ2n) is 7.59. The summed E-state index contributed by atoms with van der Waals surface area (Å²) in [5.41, 5.74) is -0.0677. The van der Waals surface area contributed by atoms with Crippen molar-refractivity contribution in [2.45, 2.75) is 45.8 Å². The predicted octanol–water partition coefficient (Wildman–Crippen LogP) is 3.79. The Hall–Kier alpha value is -1.99. The molecule has 28 heavy (non-hydrogen) atoms. The van der Waals surface area contributed by atoms with E-state index in [0.717, 1.165) is 0 Å². The zero-order chi connectivity index (χ0) is 21.1. The molecule has 1 saturated heterocycles. The highest BCUT2D eigenvalue weighted by Gasteiger charge is 2.34. The number of amides is 3. The van der Waals surface area contributed by atoms with Crippen molar-refractivity contribution in [3.8, 4) is 0 Å². The van der Waals surface area contributed by atoms with Gasteiger partial charge in [0.25, 0.3) is 0 Å². The van der Waals surface area contributed by atoms with Crippen LogP contribution in [0.2, 0.25) is 10.0 Å². The fourth-order valence-electron chi connectivity index (χ4n) is 2.82. The van der Waals surface area contributed by atoms with Gasteiger partial charge in [-0.3, -0.25) is 9.59 Å².